The largest absolute Gasteiger partial charge is 0.395 e. The summed E-state index contributed by atoms with van der Waals surface area (Å²) in [5.74, 6) is 0. The molecular formula is C15H31NO5. The number of hydrogen-bond acceptors (Lipinski definition) is 6. The summed E-state index contributed by atoms with van der Waals surface area (Å²) in [4.78, 5) is 1.87. The maximum Gasteiger partial charge on any atom is 0.109 e. The number of rotatable bonds is 10. The molecule has 1 fully saturated rings. The first-order chi connectivity index (χ1) is 10.1. The third kappa shape index (κ3) is 6.18. The number of likely N-dealkylation sites (tertiary alicyclic amines) is 1. The fraction of sp³-hybridized carbons (Fsp3) is 1.00. The molecular weight excluding hydrogens is 274 g/mol. The van der Waals surface area contributed by atoms with Crippen molar-refractivity contribution in [1.29, 1.82) is 0 Å². The van der Waals surface area contributed by atoms with Gasteiger partial charge in [-0.2, -0.15) is 0 Å². The summed E-state index contributed by atoms with van der Waals surface area (Å²) in [5.41, 5.74) is 0. The highest BCUT2D eigenvalue weighted by Gasteiger charge is 2.40. The van der Waals surface area contributed by atoms with Gasteiger partial charge in [0.2, 0.25) is 0 Å². The van der Waals surface area contributed by atoms with Crippen molar-refractivity contribution in [2.45, 2.75) is 63.4 Å². The molecule has 1 heterocycles. The molecule has 0 bridgehead atoms. The SMILES string of the molecule is CCCOCCCCCCN1CC(O)C(O)C(O)C1CO. The summed E-state index contributed by atoms with van der Waals surface area (Å²) in [5, 5.41) is 38.6. The minimum atomic E-state index is -1.17. The molecule has 0 radical (unpaired) electrons. The highest BCUT2D eigenvalue weighted by Crippen LogP contribution is 2.19. The summed E-state index contributed by atoms with van der Waals surface area (Å²) in [7, 11) is 0. The number of ether oxygens (including phenoxy) is 1. The molecule has 4 unspecified atom stereocenters. The molecule has 1 saturated heterocycles. The van der Waals surface area contributed by atoms with E-state index >= 15 is 0 Å². The Balaban J connectivity index is 2.18. The van der Waals surface area contributed by atoms with Gasteiger partial charge in [-0.05, 0) is 25.8 Å². The van der Waals surface area contributed by atoms with Crippen molar-refractivity contribution in [2.75, 3.05) is 32.9 Å². The van der Waals surface area contributed by atoms with Gasteiger partial charge in [0.1, 0.15) is 12.2 Å². The number of piperidine rings is 1. The fourth-order valence-electron chi connectivity index (χ4n) is 2.75. The molecule has 0 aromatic rings. The predicted octanol–water partition coefficient (Wildman–Crippen LogP) is -0.267. The van der Waals surface area contributed by atoms with Crippen LogP contribution in [0.4, 0.5) is 0 Å². The lowest BCUT2D eigenvalue weighted by molar-refractivity contribution is -0.145. The topological polar surface area (TPSA) is 93.4 Å². The first-order valence-corrected chi connectivity index (χ1v) is 8.08. The van der Waals surface area contributed by atoms with E-state index in [-0.39, 0.29) is 6.61 Å². The van der Waals surface area contributed by atoms with Crippen molar-refractivity contribution in [1.82, 2.24) is 4.90 Å². The normalized spacial score (nSPS) is 30.7. The summed E-state index contributed by atoms with van der Waals surface area (Å²) < 4.78 is 5.42. The average molecular weight is 305 g/mol. The van der Waals surface area contributed by atoms with Crippen LogP contribution in [0, 0.1) is 0 Å². The molecule has 0 amide bonds. The van der Waals surface area contributed by atoms with Gasteiger partial charge in [-0.1, -0.05) is 19.8 Å². The average Bonchev–Trinajstić information content (AvgIpc) is 2.48. The molecule has 6 nitrogen and oxygen atoms in total. The lowest BCUT2D eigenvalue weighted by Crippen LogP contribution is -2.62. The van der Waals surface area contributed by atoms with E-state index in [4.69, 9.17) is 4.74 Å². The molecule has 0 saturated carbocycles. The summed E-state index contributed by atoms with van der Waals surface area (Å²) in [6, 6.07) is -0.490. The molecule has 1 rings (SSSR count). The van der Waals surface area contributed by atoms with E-state index in [2.05, 4.69) is 6.92 Å². The number of aliphatic hydroxyl groups excluding tert-OH is 4. The van der Waals surface area contributed by atoms with Crippen LogP contribution in [0.3, 0.4) is 0 Å². The Labute approximate surface area is 127 Å². The van der Waals surface area contributed by atoms with Gasteiger partial charge in [-0.25, -0.2) is 0 Å². The Morgan fingerprint density at radius 3 is 2.38 bits per heavy atom. The zero-order valence-corrected chi connectivity index (χ0v) is 13.0. The minimum absolute atomic E-state index is 0.212. The van der Waals surface area contributed by atoms with Crippen LogP contribution in [-0.2, 0) is 4.74 Å². The molecule has 0 aromatic carbocycles. The number of nitrogens with zero attached hydrogens (tertiary/aromatic N) is 1. The molecule has 1 aliphatic rings. The lowest BCUT2D eigenvalue weighted by Gasteiger charge is -2.43. The van der Waals surface area contributed by atoms with E-state index in [1.54, 1.807) is 0 Å². The van der Waals surface area contributed by atoms with Crippen LogP contribution in [0.2, 0.25) is 0 Å². The Morgan fingerprint density at radius 2 is 1.71 bits per heavy atom. The first kappa shape index (κ1) is 18.8. The van der Waals surface area contributed by atoms with Crippen LogP contribution in [0.25, 0.3) is 0 Å². The van der Waals surface area contributed by atoms with Gasteiger partial charge >= 0.3 is 0 Å². The Hall–Kier alpha value is -0.240. The molecule has 21 heavy (non-hydrogen) atoms. The minimum Gasteiger partial charge on any atom is -0.395 e. The van der Waals surface area contributed by atoms with E-state index in [1.165, 1.54) is 0 Å². The van der Waals surface area contributed by atoms with Crippen LogP contribution in [0.1, 0.15) is 39.0 Å². The highest BCUT2D eigenvalue weighted by molar-refractivity contribution is 4.93. The first-order valence-electron chi connectivity index (χ1n) is 8.08. The third-order valence-electron chi connectivity index (χ3n) is 4.05. The van der Waals surface area contributed by atoms with Gasteiger partial charge in [0.05, 0.1) is 18.8 Å². The van der Waals surface area contributed by atoms with Crippen molar-refractivity contribution < 1.29 is 25.2 Å². The number of β-amino-alcohol motifs (C(OH)–C–C–N with tert-alkyl or cyclic N) is 1. The standard InChI is InChI=1S/C15H31NO5/c1-2-8-21-9-6-4-3-5-7-16-10-13(18)15(20)14(19)12(16)11-17/h12-15,17-20H,2-11H2,1H3. The Bertz CT molecular complexity index is 266. The van der Waals surface area contributed by atoms with Crippen molar-refractivity contribution in [3.05, 3.63) is 0 Å². The van der Waals surface area contributed by atoms with Crippen LogP contribution < -0.4 is 0 Å². The van der Waals surface area contributed by atoms with E-state index in [0.29, 0.717) is 13.1 Å². The third-order valence-corrected chi connectivity index (χ3v) is 4.05. The second kappa shape index (κ2) is 10.5. The summed E-state index contributed by atoms with van der Waals surface area (Å²) in [6.07, 6.45) is 1.97. The van der Waals surface area contributed by atoms with E-state index in [0.717, 1.165) is 45.3 Å². The number of hydrogen-bond donors (Lipinski definition) is 4. The molecule has 4 atom stereocenters. The summed E-state index contributed by atoms with van der Waals surface area (Å²) in [6.45, 7) is 4.52. The Kier molecular flexibility index (Phi) is 9.39. The van der Waals surface area contributed by atoms with Gasteiger partial charge in [-0.15, -0.1) is 0 Å². The van der Waals surface area contributed by atoms with Gasteiger partial charge in [0, 0.05) is 19.8 Å². The van der Waals surface area contributed by atoms with Crippen molar-refractivity contribution >= 4 is 0 Å². The zero-order valence-electron chi connectivity index (χ0n) is 13.0. The van der Waals surface area contributed by atoms with Crippen LogP contribution in [0.15, 0.2) is 0 Å². The predicted molar refractivity (Wildman–Crippen MR) is 80.0 cm³/mol. The number of aliphatic hydroxyl groups is 4. The van der Waals surface area contributed by atoms with Crippen molar-refractivity contribution in [3.8, 4) is 0 Å². The van der Waals surface area contributed by atoms with E-state index in [9.17, 15) is 20.4 Å². The van der Waals surface area contributed by atoms with Crippen LogP contribution >= 0.6 is 0 Å². The number of unbranched alkanes of at least 4 members (excludes halogenated alkanes) is 3. The van der Waals surface area contributed by atoms with Gasteiger partial charge in [0.15, 0.2) is 0 Å². The highest BCUT2D eigenvalue weighted by atomic mass is 16.5. The summed E-state index contributed by atoms with van der Waals surface area (Å²) >= 11 is 0. The quantitative estimate of drug-likeness (QED) is 0.415. The maximum atomic E-state index is 9.87. The van der Waals surface area contributed by atoms with E-state index < -0.39 is 24.4 Å². The van der Waals surface area contributed by atoms with Crippen LogP contribution in [0.5, 0.6) is 0 Å². The lowest BCUT2D eigenvalue weighted by atomic mass is 9.94. The monoisotopic (exact) mass is 305 g/mol. The Morgan fingerprint density at radius 1 is 1.00 bits per heavy atom. The molecule has 0 aliphatic carbocycles. The van der Waals surface area contributed by atoms with Crippen LogP contribution in [-0.4, -0.2) is 82.6 Å². The maximum absolute atomic E-state index is 9.87. The second-order valence-corrected chi connectivity index (χ2v) is 5.82. The molecule has 4 N–H and O–H groups in total. The smallest absolute Gasteiger partial charge is 0.109 e. The van der Waals surface area contributed by atoms with Gasteiger partial charge in [0.25, 0.3) is 0 Å². The molecule has 6 heteroatoms. The van der Waals surface area contributed by atoms with Crippen molar-refractivity contribution in [3.63, 3.8) is 0 Å². The zero-order chi connectivity index (χ0) is 15.7. The van der Waals surface area contributed by atoms with Gasteiger partial charge in [-0.3, -0.25) is 4.90 Å². The fourth-order valence-corrected chi connectivity index (χ4v) is 2.75. The molecule has 0 aromatic heterocycles. The molecule has 0 spiro atoms. The second-order valence-electron chi connectivity index (χ2n) is 5.82. The van der Waals surface area contributed by atoms with Crippen molar-refractivity contribution in [2.24, 2.45) is 0 Å². The molecule has 1 aliphatic heterocycles. The van der Waals surface area contributed by atoms with Gasteiger partial charge < -0.3 is 25.2 Å². The molecule has 126 valence electrons. The van der Waals surface area contributed by atoms with E-state index in [1.807, 2.05) is 4.90 Å².